The highest BCUT2D eigenvalue weighted by atomic mass is 19.4. The van der Waals surface area contributed by atoms with Gasteiger partial charge in [0.05, 0.1) is 28.5 Å². The number of carbonyl (C=O) groups is 1. The Morgan fingerprint density at radius 2 is 1.86 bits per heavy atom. The van der Waals surface area contributed by atoms with Crippen LogP contribution in [0, 0.1) is 11.3 Å². The van der Waals surface area contributed by atoms with Crippen LogP contribution in [-0.4, -0.2) is 38.8 Å². The lowest BCUT2D eigenvalue weighted by molar-refractivity contribution is -0.182. The number of hydrogen-bond acceptors (Lipinski definition) is 4. The molecule has 0 aromatic heterocycles. The molecule has 0 bridgehead atoms. The highest BCUT2D eigenvalue weighted by molar-refractivity contribution is 6.02. The number of nitrogens with two attached hydrogens (primary N) is 1. The van der Waals surface area contributed by atoms with Crippen molar-refractivity contribution in [3.05, 3.63) is 17.7 Å². The first-order valence-electron chi connectivity index (χ1n) is 10.2. The zero-order chi connectivity index (χ0) is 21.4. The number of benzene rings is 1. The topological polar surface area (TPSA) is 70.4 Å². The van der Waals surface area contributed by atoms with Gasteiger partial charge in [-0.3, -0.25) is 4.79 Å². The van der Waals surface area contributed by atoms with Crippen LogP contribution in [0.2, 0.25) is 0 Å². The lowest BCUT2D eigenvalue weighted by atomic mass is 9.85. The van der Waals surface area contributed by atoms with E-state index in [1.807, 2.05) is 13.1 Å². The second-order valence-electron chi connectivity index (χ2n) is 8.94. The summed E-state index contributed by atoms with van der Waals surface area (Å²) in [6.07, 6.45) is -1.04. The molecular weight excluding hydrogens is 381 g/mol. The van der Waals surface area contributed by atoms with Crippen LogP contribution in [-0.2, 0) is 0 Å². The van der Waals surface area contributed by atoms with Crippen LogP contribution in [0.3, 0.4) is 0 Å². The molecule has 3 rings (SSSR count). The molecular formula is C21H31F3N4O. The minimum absolute atomic E-state index is 0.0559. The van der Waals surface area contributed by atoms with Crippen molar-refractivity contribution in [3.63, 3.8) is 0 Å². The van der Waals surface area contributed by atoms with Gasteiger partial charge >= 0.3 is 6.18 Å². The lowest BCUT2D eigenvalue weighted by Gasteiger charge is -2.31. The summed E-state index contributed by atoms with van der Waals surface area (Å²) in [5.74, 6) is -1.54. The largest absolute Gasteiger partial charge is 0.397 e. The Morgan fingerprint density at radius 1 is 1.24 bits per heavy atom. The fourth-order valence-corrected chi connectivity index (χ4v) is 4.18. The van der Waals surface area contributed by atoms with E-state index in [2.05, 4.69) is 22.5 Å². The van der Waals surface area contributed by atoms with Gasteiger partial charge in [-0.1, -0.05) is 6.92 Å². The van der Waals surface area contributed by atoms with Crippen LogP contribution < -0.4 is 21.3 Å². The maximum Gasteiger partial charge on any atom is 0.391 e. The van der Waals surface area contributed by atoms with Gasteiger partial charge in [0.25, 0.3) is 5.91 Å². The third-order valence-electron chi connectivity index (χ3n) is 6.34. The van der Waals surface area contributed by atoms with Crippen LogP contribution in [0.5, 0.6) is 0 Å². The Hall–Kier alpha value is -2.12. The number of nitrogens with one attached hydrogen (secondary N) is 2. The van der Waals surface area contributed by atoms with E-state index in [0.717, 1.165) is 30.8 Å². The van der Waals surface area contributed by atoms with Crippen molar-refractivity contribution in [3.8, 4) is 0 Å². The molecule has 2 aliphatic rings. The molecule has 1 aromatic rings. The molecule has 2 saturated carbocycles. The van der Waals surface area contributed by atoms with Gasteiger partial charge in [0.15, 0.2) is 0 Å². The number of nitrogens with zero attached hydrogens (tertiary/aromatic N) is 1. The zero-order valence-corrected chi connectivity index (χ0v) is 17.3. The molecule has 0 unspecified atom stereocenters. The first kappa shape index (κ1) is 21.6. The van der Waals surface area contributed by atoms with Gasteiger partial charge in [-0.25, -0.2) is 0 Å². The molecule has 29 heavy (non-hydrogen) atoms. The summed E-state index contributed by atoms with van der Waals surface area (Å²) in [6.45, 7) is 3.05. The average molecular weight is 413 g/mol. The maximum absolute atomic E-state index is 13.0. The second kappa shape index (κ2) is 7.95. The number of amides is 1. The summed E-state index contributed by atoms with van der Waals surface area (Å²) in [5, 5.41) is 5.98. The van der Waals surface area contributed by atoms with E-state index in [-0.39, 0.29) is 30.2 Å². The summed E-state index contributed by atoms with van der Waals surface area (Å²) in [7, 11) is 3.73. The molecule has 4 N–H and O–H groups in total. The van der Waals surface area contributed by atoms with Crippen molar-refractivity contribution in [2.75, 3.05) is 36.6 Å². The third-order valence-corrected chi connectivity index (χ3v) is 6.34. The number of nitrogen functional groups attached to an aromatic ring is 1. The molecule has 2 fully saturated rings. The Kier molecular flexibility index (Phi) is 5.92. The quantitative estimate of drug-likeness (QED) is 0.606. The highest BCUT2D eigenvalue weighted by Gasteiger charge is 2.42. The molecule has 1 aromatic carbocycles. The second-order valence-corrected chi connectivity index (χ2v) is 8.94. The Morgan fingerprint density at radius 3 is 2.38 bits per heavy atom. The summed E-state index contributed by atoms with van der Waals surface area (Å²) >= 11 is 0. The standard InChI is InChI=1S/C21H31F3N4O/c1-20(8-9-20)12-28(3)18-11-17(26-2)16(25)10-15(18)19(29)27-14-6-4-13(5-7-14)21(22,23)24/h10-11,13-14,26H,4-9,12,25H2,1-3H3,(H,27,29). The molecule has 1 amide bonds. The average Bonchev–Trinajstić information content (AvgIpc) is 3.37. The maximum atomic E-state index is 13.0. The molecule has 2 aliphatic carbocycles. The van der Waals surface area contributed by atoms with Crippen LogP contribution in [0.15, 0.2) is 12.1 Å². The highest BCUT2D eigenvalue weighted by Crippen LogP contribution is 2.46. The molecule has 0 saturated heterocycles. The van der Waals surface area contributed by atoms with Gasteiger partial charge in [0, 0.05) is 26.7 Å². The SMILES string of the molecule is CNc1cc(N(C)CC2(C)CC2)c(C(=O)NC2CCC(C(F)(F)F)CC2)cc1N. The Balaban J connectivity index is 1.74. The van der Waals surface area contributed by atoms with E-state index in [0.29, 0.717) is 24.1 Å². The van der Waals surface area contributed by atoms with E-state index in [9.17, 15) is 18.0 Å². The molecule has 0 spiro atoms. The van der Waals surface area contributed by atoms with Crippen LogP contribution in [0.1, 0.15) is 55.8 Å². The number of rotatable bonds is 6. The fraction of sp³-hybridized carbons (Fsp3) is 0.667. The summed E-state index contributed by atoms with van der Waals surface area (Å²) in [5.41, 5.74) is 8.81. The minimum Gasteiger partial charge on any atom is -0.397 e. The summed E-state index contributed by atoms with van der Waals surface area (Å²) in [6, 6.07) is 3.28. The predicted octanol–water partition coefficient (Wildman–Crippen LogP) is 4.40. The molecule has 0 atom stereocenters. The lowest BCUT2D eigenvalue weighted by Crippen LogP contribution is -2.40. The molecule has 0 radical (unpaired) electrons. The van der Waals surface area contributed by atoms with Crippen molar-refractivity contribution < 1.29 is 18.0 Å². The van der Waals surface area contributed by atoms with Crippen molar-refractivity contribution in [2.45, 2.75) is 57.7 Å². The summed E-state index contributed by atoms with van der Waals surface area (Å²) < 4.78 is 38.6. The zero-order valence-electron chi connectivity index (χ0n) is 17.3. The molecule has 0 heterocycles. The van der Waals surface area contributed by atoms with E-state index >= 15 is 0 Å². The number of anilines is 3. The smallest absolute Gasteiger partial charge is 0.391 e. The Labute approximate surface area is 170 Å². The van der Waals surface area contributed by atoms with Gasteiger partial charge in [0.2, 0.25) is 0 Å². The number of hydrogen-bond donors (Lipinski definition) is 3. The van der Waals surface area contributed by atoms with Gasteiger partial charge in [-0.2, -0.15) is 13.2 Å². The monoisotopic (exact) mass is 412 g/mol. The Bertz CT molecular complexity index is 753. The van der Waals surface area contributed by atoms with Gasteiger partial charge < -0.3 is 21.3 Å². The van der Waals surface area contributed by atoms with E-state index in [4.69, 9.17) is 5.73 Å². The normalized spacial score (nSPS) is 23.4. The van der Waals surface area contributed by atoms with E-state index < -0.39 is 12.1 Å². The molecule has 162 valence electrons. The minimum atomic E-state index is -4.15. The third kappa shape index (κ3) is 5.08. The number of halogens is 3. The van der Waals surface area contributed by atoms with Gasteiger partial charge in [-0.15, -0.1) is 0 Å². The fourth-order valence-electron chi connectivity index (χ4n) is 4.18. The molecule has 5 nitrogen and oxygen atoms in total. The van der Waals surface area contributed by atoms with Crippen molar-refractivity contribution in [2.24, 2.45) is 11.3 Å². The van der Waals surface area contributed by atoms with Crippen molar-refractivity contribution in [1.29, 1.82) is 0 Å². The van der Waals surface area contributed by atoms with Crippen LogP contribution in [0.4, 0.5) is 30.2 Å². The van der Waals surface area contributed by atoms with Gasteiger partial charge in [0.1, 0.15) is 0 Å². The van der Waals surface area contributed by atoms with Crippen LogP contribution in [0.25, 0.3) is 0 Å². The van der Waals surface area contributed by atoms with Gasteiger partial charge in [-0.05, 0) is 56.1 Å². The van der Waals surface area contributed by atoms with E-state index in [1.165, 1.54) is 0 Å². The van der Waals surface area contributed by atoms with Crippen molar-refractivity contribution in [1.82, 2.24) is 5.32 Å². The van der Waals surface area contributed by atoms with Crippen molar-refractivity contribution >= 4 is 23.0 Å². The molecule has 8 heteroatoms. The molecule has 0 aliphatic heterocycles. The number of carbonyl (C=O) groups excluding carboxylic acids is 1. The first-order valence-corrected chi connectivity index (χ1v) is 10.2. The van der Waals surface area contributed by atoms with Crippen LogP contribution >= 0.6 is 0 Å². The number of alkyl halides is 3. The van der Waals surface area contributed by atoms with E-state index in [1.54, 1.807) is 13.1 Å². The first-order chi connectivity index (χ1) is 13.5. The predicted molar refractivity (Wildman–Crippen MR) is 110 cm³/mol. The summed E-state index contributed by atoms with van der Waals surface area (Å²) in [4.78, 5) is 15.1.